The van der Waals surface area contributed by atoms with Crippen LogP contribution < -0.4 is 10.6 Å². The zero-order chi connectivity index (χ0) is 27.6. The van der Waals surface area contributed by atoms with Crippen molar-refractivity contribution >= 4 is 15.9 Å². The van der Waals surface area contributed by atoms with Crippen molar-refractivity contribution in [1.29, 1.82) is 0 Å². The van der Waals surface area contributed by atoms with Crippen LogP contribution in [0.5, 0.6) is 0 Å². The molecule has 1 aromatic heterocycles. The summed E-state index contributed by atoms with van der Waals surface area (Å²) in [5, 5.41) is 14.9. The van der Waals surface area contributed by atoms with Crippen molar-refractivity contribution < 1.29 is 13.2 Å². The molecule has 2 aliphatic rings. The van der Waals surface area contributed by atoms with Gasteiger partial charge in [0.05, 0.1) is 16.6 Å². The number of carbonyl (C=O) groups is 1. The van der Waals surface area contributed by atoms with Crippen LogP contribution >= 0.6 is 0 Å². The Morgan fingerprint density at radius 2 is 1.95 bits per heavy atom. The Morgan fingerprint density at radius 3 is 2.72 bits per heavy atom. The van der Waals surface area contributed by atoms with Crippen molar-refractivity contribution in [3.63, 3.8) is 0 Å². The Morgan fingerprint density at radius 1 is 1.15 bits per heavy atom. The molecule has 0 unspecified atom stereocenters. The number of hydrogen-bond donors (Lipinski definition) is 2. The molecule has 0 fully saturated rings. The molecule has 0 saturated heterocycles. The fourth-order valence-electron chi connectivity index (χ4n) is 5.26. The van der Waals surface area contributed by atoms with Gasteiger partial charge in [-0.3, -0.25) is 9.10 Å². The molecule has 0 bridgehead atoms. The zero-order valence-corrected chi connectivity index (χ0v) is 23.5. The first-order valence-corrected chi connectivity index (χ1v) is 15.0. The Kier molecular flexibility index (Phi) is 7.86. The molecular formula is C29H36N6O3S. The van der Waals surface area contributed by atoms with Gasteiger partial charge in [-0.1, -0.05) is 55.0 Å². The van der Waals surface area contributed by atoms with Crippen molar-refractivity contribution in [2.24, 2.45) is 5.92 Å². The highest BCUT2D eigenvalue weighted by Gasteiger charge is 2.36. The lowest BCUT2D eigenvalue weighted by Gasteiger charge is -2.31. The number of hydrogen-bond acceptors (Lipinski definition) is 6. The Balaban J connectivity index is 1.34. The van der Waals surface area contributed by atoms with E-state index in [-0.39, 0.29) is 17.4 Å². The van der Waals surface area contributed by atoms with Gasteiger partial charge >= 0.3 is 0 Å². The summed E-state index contributed by atoms with van der Waals surface area (Å²) in [6, 6.07) is 12.4. The van der Waals surface area contributed by atoms with E-state index in [1.807, 2.05) is 17.8 Å². The average molecular weight is 549 g/mol. The van der Waals surface area contributed by atoms with E-state index < -0.39 is 22.0 Å². The maximum atomic E-state index is 13.4. The van der Waals surface area contributed by atoms with E-state index in [0.717, 1.165) is 42.2 Å². The minimum Gasteiger partial charge on any atom is -0.329 e. The minimum absolute atomic E-state index is 0.0557. The van der Waals surface area contributed by atoms with Crippen molar-refractivity contribution in [2.75, 3.05) is 6.54 Å². The molecule has 10 heteroatoms. The molecule has 39 heavy (non-hydrogen) atoms. The van der Waals surface area contributed by atoms with Crippen LogP contribution in [-0.4, -0.2) is 46.2 Å². The summed E-state index contributed by atoms with van der Waals surface area (Å²) >= 11 is 0. The normalized spacial score (nSPS) is 19.3. The Hall–Kier alpha value is -3.50. The summed E-state index contributed by atoms with van der Waals surface area (Å²) < 4.78 is 29.8. The number of nitrogens with zero attached hydrogens (tertiary/aromatic N) is 4. The zero-order valence-electron chi connectivity index (χ0n) is 22.7. The molecule has 0 spiro atoms. The molecule has 1 aliphatic carbocycles. The lowest BCUT2D eigenvalue weighted by molar-refractivity contribution is -0.124. The second-order valence-electron chi connectivity index (χ2n) is 10.8. The summed E-state index contributed by atoms with van der Waals surface area (Å²) in [6.07, 6.45) is 7.74. The quantitative estimate of drug-likeness (QED) is 0.424. The SMILES string of the molecule is Cc1ccc(S(=O)(=O)N2C=CNC(=O)[C@H]2Cc2cn([C@@H]3CCCc4cc(CNCC(C)C)ccc43)nn2)cc1. The van der Waals surface area contributed by atoms with Crippen molar-refractivity contribution in [3.8, 4) is 0 Å². The van der Waals surface area contributed by atoms with Gasteiger partial charge in [0.1, 0.15) is 6.04 Å². The van der Waals surface area contributed by atoms with Crippen LogP contribution in [0, 0.1) is 12.8 Å². The van der Waals surface area contributed by atoms with E-state index in [1.165, 1.54) is 29.1 Å². The third kappa shape index (κ3) is 5.91. The molecule has 9 nitrogen and oxygen atoms in total. The molecule has 2 aromatic carbocycles. The number of rotatable bonds is 9. The standard InChI is InChI=1S/C29H36N6O3S/c1-20(2)17-30-18-22-9-12-26-23(15-22)5-4-6-27(26)34-19-24(32-33-34)16-28-29(36)31-13-14-35(28)39(37,38)25-10-7-21(3)8-11-25/h7-15,19-20,27-28,30H,4-6,16-18H2,1-3H3,(H,31,36)/t27-,28-/m1/s1. The number of sulfonamides is 1. The predicted molar refractivity (Wildman–Crippen MR) is 149 cm³/mol. The molecule has 1 aliphatic heterocycles. The molecular weight excluding hydrogens is 512 g/mol. The van der Waals surface area contributed by atoms with Crippen LogP contribution in [0.25, 0.3) is 0 Å². The summed E-state index contributed by atoms with van der Waals surface area (Å²) in [5.74, 6) is 0.211. The number of aromatic nitrogens is 3. The number of amides is 1. The van der Waals surface area contributed by atoms with Gasteiger partial charge in [0.25, 0.3) is 10.0 Å². The van der Waals surface area contributed by atoms with E-state index in [4.69, 9.17) is 0 Å². The van der Waals surface area contributed by atoms with Crippen molar-refractivity contribution in [1.82, 2.24) is 29.9 Å². The predicted octanol–water partition coefficient (Wildman–Crippen LogP) is 3.46. The number of benzene rings is 2. The number of aryl methyl sites for hydroxylation is 2. The number of fused-ring (bicyclic) bond motifs is 1. The highest BCUT2D eigenvalue weighted by atomic mass is 32.2. The smallest absolute Gasteiger partial charge is 0.264 e. The summed E-state index contributed by atoms with van der Waals surface area (Å²) in [7, 11) is -3.92. The molecule has 1 amide bonds. The first-order valence-electron chi connectivity index (χ1n) is 13.5. The minimum atomic E-state index is -3.92. The Bertz CT molecular complexity index is 1460. The lowest BCUT2D eigenvalue weighted by Crippen LogP contribution is -2.50. The molecule has 2 atom stereocenters. The number of carbonyl (C=O) groups excluding carboxylic acids is 1. The van der Waals surface area contributed by atoms with Crippen molar-refractivity contribution in [2.45, 2.75) is 70.0 Å². The van der Waals surface area contributed by atoms with Gasteiger partial charge in [-0.05, 0) is 67.5 Å². The fraction of sp³-hybridized carbons (Fsp3) is 0.414. The molecule has 0 saturated carbocycles. The fourth-order valence-corrected chi connectivity index (χ4v) is 6.71. The van der Waals surface area contributed by atoms with Gasteiger partial charge in [0.15, 0.2) is 0 Å². The average Bonchev–Trinajstić information content (AvgIpc) is 3.38. The molecule has 2 N–H and O–H groups in total. The van der Waals surface area contributed by atoms with E-state index >= 15 is 0 Å². The van der Waals surface area contributed by atoms with Gasteiger partial charge in [-0.2, -0.15) is 0 Å². The third-order valence-corrected chi connectivity index (χ3v) is 9.10. The molecule has 206 valence electrons. The van der Waals surface area contributed by atoms with Gasteiger partial charge < -0.3 is 10.6 Å². The van der Waals surface area contributed by atoms with Crippen LogP contribution in [0.4, 0.5) is 0 Å². The maximum absolute atomic E-state index is 13.4. The van der Waals surface area contributed by atoms with Gasteiger partial charge in [0, 0.05) is 31.6 Å². The van der Waals surface area contributed by atoms with E-state index in [2.05, 4.69) is 53.0 Å². The van der Waals surface area contributed by atoms with E-state index in [9.17, 15) is 13.2 Å². The Labute approximate surface area is 230 Å². The second kappa shape index (κ2) is 11.3. The first kappa shape index (κ1) is 27.1. The van der Waals surface area contributed by atoms with Gasteiger partial charge in [-0.25, -0.2) is 13.1 Å². The highest BCUT2D eigenvalue weighted by Crippen LogP contribution is 2.33. The molecule has 0 radical (unpaired) electrons. The van der Waals surface area contributed by atoms with Crippen molar-refractivity contribution in [3.05, 3.63) is 89.0 Å². The molecule has 5 rings (SSSR count). The largest absolute Gasteiger partial charge is 0.329 e. The number of nitrogens with one attached hydrogen (secondary N) is 2. The van der Waals surface area contributed by atoms with Crippen LogP contribution in [-0.2, 0) is 34.2 Å². The molecule has 2 heterocycles. The lowest BCUT2D eigenvalue weighted by atomic mass is 9.86. The highest BCUT2D eigenvalue weighted by molar-refractivity contribution is 7.89. The monoisotopic (exact) mass is 548 g/mol. The maximum Gasteiger partial charge on any atom is 0.264 e. The van der Waals surface area contributed by atoms with E-state index in [1.54, 1.807) is 24.3 Å². The van der Waals surface area contributed by atoms with Gasteiger partial charge in [0.2, 0.25) is 5.91 Å². The topological polar surface area (TPSA) is 109 Å². The summed E-state index contributed by atoms with van der Waals surface area (Å²) in [6.45, 7) is 8.14. The third-order valence-electron chi connectivity index (χ3n) is 7.30. The van der Waals surface area contributed by atoms with Gasteiger partial charge in [-0.15, -0.1) is 5.10 Å². The van der Waals surface area contributed by atoms with Crippen LogP contribution in [0.15, 0.2) is 66.0 Å². The van der Waals surface area contributed by atoms with Crippen LogP contribution in [0.3, 0.4) is 0 Å². The van der Waals surface area contributed by atoms with Crippen LogP contribution in [0.2, 0.25) is 0 Å². The first-order chi connectivity index (χ1) is 18.7. The van der Waals surface area contributed by atoms with E-state index in [0.29, 0.717) is 11.6 Å². The molecule has 3 aromatic rings. The van der Waals surface area contributed by atoms with Crippen LogP contribution in [0.1, 0.15) is 60.7 Å². The second-order valence-corrected chi connectivity index (χ2v) is 12.7. The summed E-state index contributed by atoms with van der Waals surface area (Å²) in [5.41, 5.74) is 5.38. The summed E-state index contributed by atoms with van der Waals surface area (Å²) in [4.78, 5) is 13.0.